The second kappa shape index (κ2) is 16.3. The highest BCUT2D eigenvalue weighted by atomic mass is 16.4. The Morgan fingerprint density at radius 2 is 1.44 bits per heavy atom. The van der Waals surface area contributed by atoms with E-state index in [0.29, 0.717) is 12.8 Å². The van der Waals surface area contributed by atoms with Gasteiger partial charge < -0.3 is 48.5 Å². The van der Waals surface area contributed by atoms with Crippen LogP contribution in [-0.2, 0) is 24.0 Å². The molecule has 0 fully saturated rings. The molecule has 0 bridgehead atoms. The number of nitrogens with two attached hydrogens (primary N) is 3. The Labute approximate surface area is 209 Å². The van der Waals surface area contributed by atoms with Crippen molar-refractivity contribution < 1.29 is 39.3 Å². The van der Waals surface area contributed by atoms with Gasteiger partial charge in [-0.3, -0.25) is 24.2 Å². The molecule has 15 heteroatoms. The van der Waals surface area contributed by atoms with E-state index in [1.54, 1.807) is 13.8 Å². The van der Waals surface area contributed by atoms with E-state index in [1.165, 1.54) is 6.92 Å². The highest BCUT2D eigenvalue weighted by Gasteiger charge is 2.34. The summed E-state index contributed by atoms with van der Waals surface area (Å²) in [6, 6.07) is -5.18. The van der Waals surface area contributed by atoms with Gasteiger partial charge >= 0.3 is 11.9 Å². The molecule has 0 saturated carbocycles. The number of guanidine groups is 1. The van der Waals surface area contributed by atoms with Crippen molar-refractivity contribution in [3.8, 4) is 0 Å². The monoisotopic (exact) mass is 517 g/mol. The fraction of sp³-hybridized carbons (Fsp3) is 0.714. The first kappa shape index (κ1) is 32.5. The summed E-state index contributed by atoms with van der Waals surface area (Å²) >= 11 is 0. The quantitative estimate of drug-likeness (QED) is 0.0539. The molecule has 15 nitrogen and oxygen atoms in total. The molecular formula is C21H39N7O8. The van der Waals surface area contributed by atoms with E-state index in [0.717, 1.165) is 0 Å². The number of carboxylic acids is 2. The van der Waals surface area contributed by atoms with Crippen LogP contribution in [0.2, 0.25) is 0 Å². The number of hydrogen-bond donors (Lipinski definition) is 9. The van der Waals surface area contributed by atoms with Crippen molar-refractivity contribution in [2.45, 2.75) is 83.1 Å². The van der Waals surface area contributed by atoms with Gasteiger partial charge in [0.2, 0.25) is 17.7 Å². The van der Waals surface area contributed by atoms with Crippen molar-refractivity contribution in [3.05, 3.63) is 0 Å². The Morgan fingerprint density at radius 1 is 0.889 bits per heavy atom. The molecule has 3 amide bonds. The number of aliphatic hydroxyl groups is 1. The van der Waals surface area contributed by atoms with Crippen molar-refractivity contribution in [2.75, 3.05) is 6.54 Å². The normalized spacial score (nSPS) is 15.8. The minimum Gasteiger partial charge on any atom is -0.481 e. The molecule has 12 N–H and O–H groups in total. The standard InChI is InChI=1S/C21H39N7O8/c1-4-10(2)15(18(33)26-13(20(35)36)7-8-14(30)31)27-19(34)16(11(3)29)28-17(32)12(22)6-5-9-25-21(23)24/h10-13,15-16,29H,4-9,22H2,1-3H3,(H,26,33)(H,27,34)(H,28,32)(H,30,31)(H,35,36)(H4,23,24,25). The molecule has 0 rings (SSSR count). The number of aliphatic carboxylic acids is 2. The largest absolute Gasteiger partial charge is 0.481 e. The summed E-state index contributed by atoms with van der Waals surface area (Å²) in [6.45, 7) is 4.89. The smallest absolute Gasteiger partial charge is 0.326 e. The third-order valence-electron chi connectivity index (χ3n) is 5.42. The van der Waals surface area contributed by atoms with Crippen molar-refractivity contribution in [2.24, 2.45) is 28.1 Å². The number of rotatable bonds is 17. The number of carbonyl (C=O) groups is 5. The fourth-order valence-electron chi connectivity index (χ4n) is 3.05. The molecule has 0 aromatic rings. The first-order valence-corrected chi connectivity index (χ1v) is 11.6. The number of nitrogens with one attached hydrogen (secondary N) is 3. The number of nitrogens with zero attached hydrogens (tertiary/aromatic N) is 1. The van der Waals surface area contributed by atoms with Crippen LogP contribution in [0.15, 0.2) is 4.99 Å². The lowest BCUT2D eigenvalue weighted by molar-refractivity contribution is -0.144. The number of hydrogen-bond acceptors (Lipinski definition) is 8. The minimum absolute atomic E-state index is 0.102. The van der Waals surface area contributed by atoms with E-state index >= 15 is 0 Å². The van der Waals surface area contributed by atoms with Gasteiger partial charge in [-0.05, 0) is 32.1 Å². The minimum atomic E-state index is -1.48. The van der Waals surface area contributed by atoms with Crippen LogP contribution in [0.4, 0.5) is 0 Å². The van der Waals surface area contributed by atoms with Crippen LogP contribution >= 0.6 is 0 Å². The highest BCUT2D eigenvalue weighted by molar-refractivity contribution is 5.94. The van der Waals surface area contributed by atoms with Crippen molar-refractivity contribution in [1.29, 1.82) is 0 Å². The van der Waals surface area contributed by atoms with Gasteiger partial charge in [0.05, 0.1) is 12.1 Å². The Hall–Kier alpha value is -3.46. The zero-order valence-electron chi connectivity index (χ0n) is 20.8. The van der Waals surface area contributed by atoms with Crippen molar-refractivity contribution >= 4 is 35.6 Å². The molecule has 36 heavy (non-hydrogen) atoms. The maximum absolute atomic E-state index is 12.9. The van der Waals surface area contributed by atoms with Gasteiger partial charge in [-0.2, -0.15) is 0 Å². The highest BCUT2D eigenvalue weighted by Crippen LogP contribution is 2.11. The van der Waals surface area contributed by atoms with E-state index in [9.17, 15) is 34.2 Å². The lowest BCUT2D eigenvalue weighted by atomic mass is 9.96. The zero-order valence-corrected chi connectivity index (χ0v) is 20.8. The summed E-state index contributed by atoms with van der Waals surface area (Å²) in [5.41, 5.74) is 16.3. The summed E-state index contributed by atoms with van der Waals surface area (Å²) in [6.07, 6.45) is -1.20. The van der Waals surface area contributed by atoms with Crippen LogP contribution in [0, 0.1) is 5.92 Å². The first-order valence-electron chi connectivity index (χ1n) is 11.6. The number of aliphatic hydroxyl groups excluding tert-OH is 1. The third kappa shape index (κ3) is 12.3. The van der Waals surface area contributed by atoms with Gasteiger partial charge in [0.15, 0.2) is 5.96 Å². The lowest BCUT2D eigenvalue weighted by Crippen LogP contribution is -2.61. The van der Waals surface area contributed by atoms with Crippen LogP contribution in [0.1, 0.15) is 52.9 Å². The molecule has 206 valence electrons. The summed E-state index contributed by atoms with van der Waals surface area (Å²) in [5.74, 6) is -5.67. The summed E-state index contributed by atoms with van der Waals surface area (Å²) < 4.78 is 0. The Morgan fingerprint density at radius 3 is 1.92 bits per heavy atom. The SMILES string of the molecule is CCC(C)C(NC(=O)C(NC(=O)C(N)CCCN=C(N)N)C(C)O)C(=O)NC(CCC(=O)O)C(=O)O. The maximum atomic E-state index is 12.9. The van der Waals surface area contributed by atoms with Crippen LogP contribution in [-0.4, -0.2) is 87.8 Å². The average Bonchev–Trinajstić information content (AvgIpc) is 2.79. The molecule has 0 radical (unpaired) electrons. The molecule has 0 aliphatic carbocycles. The van der Waals surface area contributed by atoms with Gasteiger partial charge in [-0.1, -0.05) is 20.3 Å². The number of amides is 3. The molecule has 0 spiro atoms. The van der Waals surface area contributed by atoms with Crippen molar-refractivity contribution in [1.82, 2.24) is 16.0 Å². The molecule has 0 aromatic heterocycles. The van der Waals surface area contributed by atoms with Gasteiger partial charge in [-0.15, -0.1) is 0 Å². The number of carbonyl (C=O) groups excluding carboxylic acids is 3. The van der Waals surface area contributed by atoms with Crippen molar-refractivity contribution in [3.63, 3.8) is 0 Å². The van der Waals surface area contributed by atoms with E-state index in [2.05, 4.69) is 20.9 Å². The summed E-state index contributed by atoms with van der Waals surface area (Å²) in [4.78, 5) is 64.2. The predicted octanol–water partition coefficient (Wildman–Crippen LogP) is -2.80. The van der Waals surface area contributed by atoms with Gasteiger partial charge in [0.1, 0.15) is 18.1 Å². The molecular weight excluding hydrogens is 478 g/mol. The second-order valence-electron chi connectivity index (χ2n) is 8.49. The summed E-state index contributed by atoms with van der Waals surface area (Å²) in [7, 11) is 0. The van der Waals surface area contributed by atoms with Gasteiger partial charge in [0, 0.05) is 13.0 Å². The maximum Gasteiger partial charge on any atom is 0.326 e. The Kier molecular flexibility index (Phi) is 14.7. The molecule has 0 aromatic carbocycles. The van der Waals surface area contributed by atoms with Crippen LogP contribution in [0.3, 0.4) is 0 Å². The molecule has 6 unspecified atom stereocenters. The van der Waals surface area contributed by atoms with E-state index in [4.69, 9.17) is 22.3 Å². The molecule has 0 heterocycles. The number of carboxylic acid groups (broad SMARTS) is 2. The number of aliphatic imine (C=N–C) groups is 1. The van der Waals surface area contributed by atoms with Crippen LogP contribution in [0.25, 0.3) is 0 Å². The third-order valence-corrected chi connectivity index (χ3v) is 5.42. The zero-order chi connectivity index (χ0) is 28.0. The van der Waals surface area contributed by atoms with E-state index < -0.39 is 72.3 Å². The van der Waals surface area contributed by atoms with E-state index in [1.807, 2.05) is 0 Å². The van der Waals surface area contributed by atoms with E-state index in [-0.39, 0.29) is 25.3 Å². The molecule has 0 aliphatic heterocycles. The topological polar surface area (TPSA) is 273 Å². The summed E-state index contributed by atoms with van der Waals surface area (Å²) in [5, 5.41) is 35.2. The Bertz CT molecular complexity index is 801. The predicted molar refractivity (Wildman–Crippen MR) is 129 cm³/mol. The molecule has 0 aliphatic rings. The molecule has 0 saturated heterocycles. The lowest BCUT2D eigenvalue weighted by Gasteiger charge is -2.29. The molecule has 6 atom stereocenters. The average molecular weight is 518 g/mol. The first-order chi connectivity index (χ1) is 16.7. The van der Waals surface area contributed by atoms with Gasteiger partial charge in [0.25, 0.3) is 0 Å². The van der Waals surface area contributed by atoms with Gasteiger partial charge in [-0.25, -0.2) is 4.79 Å². The Balaban J connectivity index is 5.38. The second-order valence-corrected chi connectivity index (χ2v) is 8.49. The fourth-order valence-corrected chi connectivity index (χ4v) is 3.05. The van der Waals surface area contributed by atoms with Crippen LogP contribution < -0.4 is 33.2 Å². The van der Waals surface area contributed by atoms with Crippen LogP contribution in [0.5, 0.6) is 0 Å².